The third-order valence-corrected chi connectivity index (χ3v) is 4.81. The molecule has 1 fully saturated rings. The number of aliphatic hydroxyl groups is 2. The Morgan fingerprint density at radius 2 is 2.07 bits per heavy atom. The zero-order valence-electron chi connectivity index (χ0n) is 13.2. The number of ether oxygens (including phenoxy) is 1. The molecular formula is C11H14F2N6O6S2. The van der Waals surface area contributed by atoms with Crippen molar-refractivity contribution in [2.75, 3.05) is 12.3 Å². The van der Waals surface area contributed by atoms with Gasteiger partial charge in [0.1, 0.15) is 35.5 Å². The molecule has 150 valence electrons. The summed E-state index contributed by atoms with van der Waals surface area (Å²) in [6, 6.07) is 0. The van der Waals surface area contributed by atoms with Gasteiger partial charge in [0, 0.05) is 0 Å². The molecule has 1 aliphatic rings. The number of anilines is 1. The van der Waals surface area contributed by atoms with Gasteiger partial charge in [-0.2, -0.15) is 22.3 Å². The first kappa shape index (κ1) is 20.1. The summed E-state index contributed by atoms with van der Waals surface area (Å²) in [5, 5.41) is 28.7. The second kappa shape index (κ2) is 7.38. The molecule has 1 saturated heterocycles. The molecule has 3 heterocycles. The van der Waals surface area contributed by atoms with Gasteiger partial charge in [-0.25, -0.2) is 19.8 Å². The van der Waals surface area contributed by atoms with E-state index in [4.69, 9.17) is 15.6 Å². The van der Waals surface area contributed by atoms with E-state index in [0.717, 1.165) is 11.0 Å². The van der Waals surface area contributed by atoms with Crippen LogP contribution in [0.1, 0.15) is 6.23 Å². The maximum Gasteiger partial charge on any atom is 0.333 e. The molecule has 2 aromatic heterocycles. The lowest BCUT2D eigenvalue weighted by molar-refractivity contribution is -0.0532. The van der Waals surface area contributed by atoms with E-state index in [0.29, 0.717) is 0 Å². The summed E-state index contributed by atoms with van der Waals surface area (Å²) in [6.45, 7) is -0.678. The lowest BCUT2D eigenvalue weighted by Crippen LogP contribution is -2.35. The average Bonchev–Trinajstić information content (AvgIpc) is 3.04. The number of nitrogens with two attached hydrogens (primary N) is 2. The number of hydrogen-bond acceptors (Lipinski definition) is 11. The Bertz CT molecular complexity index is 943. The van der Waals surface area contributed by atoms with E-state index >= 15 is 0 Å². The van der Waals surface area contributed by atoms with Crippen LogP contribution in [0.3, 0.4) is 0 Å². The number of aromatic nitrogens is 4. The van der Waals surface area contributed by atoms with Gasteiger partial charge in [-0.3, -0.25) is 4.18 Å². The number of nitrogens with zero attached hydrogens (tertiary/aromatic N) is 4. The zero-order chi connectivity index (χ0) is 19.9. The molecule has 6 N–H and O–H groups in total. The van der Waals surface area contributed by atoms with Crippen molar-refractivity contribution in [1.29, 1.82) is 0 Å². The van der Waals surface area contributed by atoms with E-state index < -0.39 is 47.2 Å². The number of nitrogen functional groups attached to an aromatic ring is 1. The number of hydrogen-bond donors (Lipinski definition) is 4. The summed E-state index contributed by atoms with van der Waals surface area (Å²) >= 11 is 0.0927. The minimum absolute atomic E-state index is 0.0186. The quantitative estimate of drug-likeness (QED) is 0.394. The van der Waals surface area contributed by atoms with E-state index in [1.54, 1.807) is 0 Å². The van der Waals surface area contributed by atoms with Crippen molar-refractivity contribution in [1.82, 2.24) is 19.7 Å². The van der Waals surface area contributed by atoms with E-state index in [1.165, 1.54) is 0 Å². The Labute approximate surface area is 154 Å². The SMILES string of the molecule is Nc1ncnc2c1c(SC(F)F)nn2[C@@H]1O[C@H](COS(N)(=O)=O)[C@@H](O)[C@H]1O. The Hall–Kier alpha value is -1.69. The van der Waals surface area contributed by atoms with Gasteiger partial charge in [-0.15, -0.1) is 0 Å². The first-order valence-electron chi connectivity index (χ1n) is 7.20. The highest BCUT2D eigenvalue weighted by Crippen LogP contribution is 2.37. The highest BCUT2D eigenvalue weighted by molar-refractivity contribution is 7.99. The van der Waals surface area contributed by atoms with Crippen molar-refractivity contribution in [3.05, 3.63) is 6.33 Å². The monoisotopic (exact) mass is 428 g/mol. The second-order valence-electron chi connectivity index (χ2n) is 5.41. The minimum Gasteiger partial charge on any atom is -0.387 e. The van der Waals surface area contributed by atoms with Crippen molar-refractivity contribution in [2.24, 2.45) is 5.14 Å². The topological polar surface area (TPSA) is 189 Å². The predicted octanol–water partition coefficient (Wildman–Crippen LogP) is -1.44. The summed E-state index contributed by atoms with van der Waals surface area (Å²) in [7, 11) is -4.30. The van der Waals surface area contributed by atoms with Crippen LogP contribution in [0.15, 0.2) is 11.4 Å². The molecule has 0 aromatic carbocycles. The van der Waals surface area contributed by atoms with E-state index in [1.807, 2.05) is 0 Å². The number of fused-ring (bicyclic) bond motifs is 1. The molecule has 2 aromatic rings. The fraction of sp³-hybridized carbons (Fsp3) is 0.545. The molecule has 3 rings (SSSR count). The molecule has 0 aliphatic carbocycles. The fourth-order valence-corrected chi connectivity index (χ4v) is 3.48. The second-order valence-corrected chi connectivity index (χ2v) is 7.61. The molecule has 12 nitrogen and oxygen atoms in total. The van der Waals surface area contributed by atoms with Gasteiger partial charge in [-0.05, 0) is 11.8 Å². The summed E-state index contributed by atoms with van der Waals surface area (Å²) in [6.07, 6.45) is -4.76. The van der Waals surface area contributed by atoms with E-state index in [9.17, 15) is 27.4 Å². The average molecular weight is 428 g/mol. The summed E-state index contributed by atoms with van der Waals surface area (Å²) in [4.78, 5) is 7.64. The third kappa shape index (κ3) is 4.10. The summed E-state index contributed by atoms with van der Waals surface area (Å²) < 4.78 is 58.1. The Balaban J connectivity index is 1.96. The largest absolute Gasteiger partial charge is 0.387 e. The standard InChI is InChI=1S/C11H14F2N6O6S2/c12-11(13)26-9-4-7(14)16-2-17-8(4)19(18-9)10-6(21)5(20)3(25-10)1-24-27(15,22)23/h2-3,5-6,10-11,20-21H,1H2,(H2,14,16,17)(H2,15,22,23)/t3-,5-,6-,10-/m1/s1. The molecule has 0 saturated carbocycles. The molecular weight excluding hydrogens is 414 g/mol. The van der Waals surface area contributed by atoms with Crippen LogP contribution in [-0.2, 0) is 19.2 Å². The van der Waals surface area contributed by atoms with Gasteiger partial charge in [0.05, 0.1) is 12.0 Å². The van der Waals surface area contributed by atoms with Gasteiger partial charge in [0.15, 0.2) is 11.9 Å². The number of aliphatic hydroxyl groups excluding tert-OH is 2. The summed E-state index contributed by atoms with van der Waals surface area (Å²) in [5.41, 5.74) is 5.70. The van der Waals surface area contributed by atoms with Gasteiger partial charge < -0.3 is 20.7 Å². The molecule has 0 amide bonds. The maximum absolute atomic E-state index is 12.8. The first-order chi connectivity index (χ1) is 12.6. The van der Waals surface area contributed by atoms with E-state index in [-0.39, 0.29) is 33.6 Å². The Morgan fingerprint density at radius 1 is 1.37 bits per heavy atom. The maximum atomic E-state index is 12.8. The highest BCUT2D eigenvalue weighted by Gasteiger charge is 2.45. The van der Waals surface area contributed by atoms with Crippen LogP contribution in [0.4, 0.5) is 14.6 Å². The first-order valence-corrected chi connectivity index (χ1v) is 9.56. The molecule has 0 bridgehead atoms. The number of alkyl halides is 2. The molecule has 0 unspecified atom stereocenters. The van der Waals surface area contributed by atoms with Crippen LogP contribution in [0, 0.1) is 0 Å². The van der Waals surface area contributed by atoms with Crippen LogP contribution in [0.25, 0.3) is 11.0 Å². The van der Waals surface area contributed by atoms with Crippen LogP contribution in [0.5, 0.6) is 0 Å². The van der Waals surface area contributed by atoms with Gasteiger partial charge in [0.2, 0.25) is 0 Å². The van der Waals surface area contributed by atoms with E-state index in [2.05, 4.69) is 19.2 Å². The van der Waals surface area contributed by atoms with Crippen molar-refractivity contribution in [2.45, 2.75) is 35.3 Å². The molecule has 1 aliphatic heterocycles. The van der Waals surface area contributed by atoms with Crippen LogP contribution in [0.2, 0.25) is 0 Å². The summed E-state index contributed by atoms with van der Waals surface area (Å²) in [5.74, 6) is -2.93. The zero-order valence-corrected chi connectivity index (χ0v) is 14.8. The van der Waals surface area contributed by atoms with Gasteiger partial charge in [0.25, 0.3) is 5.76 Å². The lowest BCUT2D eigenvalue weighted by Gasteiger charge is -2.15. The van der Waals surface area contributed by atoms with Crippen molar-refractivity contribution in [3.63, 3.8) is 0 Å². The highest BCUT2D eigenvalue weighted by atomic mass is 32.2. The number of halogens is 2. The molecule has 4 atom stereocenters. The Kier molecular flexibility index (Phi) is 5.48. The van der Waals surface area contributed by atoms with Crippen LogP contribution < -0.4 is 10.9 Å². The predicted molar refractivity (Wildman–Crippen MR) is 86.6 cm³/mol. The molecule has 16 heteroatoms. The number of thioether (sulfide) groups is 1. The van der Waals surface area contributed by atoms with Crippen LogP contribution >= 0.6 is 11.8 Å². The van der Waals surface area contributed by atoms with Gasteiger partial charge in [-0.1, -0.05) is 0 Å². The minimum atomic E-state index is -4.30. The molecule has 0 spiro atoms. The lowest BCUT2D eigenvalue weighted by atomic mass is 10.1. The van der Waals surface area contributed by atoms with Crippen molar-refractivity contribution in [3.8, 4) is 0 Å². The third-order valence-electron chi connectivity index (χ3n) is 3.66. The molecule has 0 radical (unpaired) electrons. The normalized spacial score (nSPS) is 26.3. The fourth-order valence-electron chi connectivity index (χ4n) is 2.54. The smallest absolute Gasteiger partial charge is 0.333 e. The van der Waals surface area contributed by atoms with Crippen LogP contribution in [-0.4, -0.2) is 69.1 Å². The Morgan fingerprint density at radius 3 is 2.70 bits per heavy atom. The number of rotatable bonds is 6. The van der Waals surface area contributed by atoms with Gasteiger partial charge >= 0.3 is 10.3 Å². The van der Waals surface area contributed by atoms with Crippen molar-refractivity contribution >= 4 is 38.9 Å². The molecule has 27 heavy (non-hydrogen) atoms. The van der Waals surface area contributed by atoms with Crippen molar-refractivity contribution < 1.29 is 36.3 Å².